The SMILES string of the molecule is Cc1cc(C(=O)N2CCN(CC(=O)N3CCCCC3C)CC2)c(C)n1-c1ccc(F)cc1. The van der Waals surface area contributed by atoms with E-state index in [0.29, 0.717) is 44.3 Å². The van der Waals surface area contributed by atoms with Crippen molar-refractivity contribution in [2.24, 2.45) is 0 Å². The van der Waals surface area contributed by atoms with Crippen LogP contribution < -0.4 is 0 Å². The number of carbonyl (C=O) groups is 2. The number of nitrogens with zero attached hydrogens (tertiary/aromatic N) is 4. The molecule has 0 aliphatic carbocycles. The van der Waals surface area contributed by atoms with E-state index in [1.165, 1.54) is 18.6 Å². The fourth-order valence-corrected chi connectivity index (χ4v) is 5.00. The highest BCUT2D eigenvalue weighted by Gasteiger charge is 2.29. The highest BCUT2D eigenvalue weighted by Crippen LogP contribution is 2.23. The second-order valence-corrected chi connectivity index (χ2v) is 9.10. The van der Waals surface area contributed by atoms with Crippen molar-refractivity contribution in [1.29, 1.82) is 0 Å². The van der Waals surface area contributed by atoms with Crippen LogP contribution in [-0.2, 0) is 4.79 Å². The fourth-order valence-electron chi connectivity index (χ4n) is 5.00. The highest BCUT2D eigenvalue weighted by atomic mass is 19.1. The standard InChI is InChI=1S/C25H33FN4O2/c1-18-6-4-5-11-29(18)24(31)17-27-12-14-28(15-13-27)25(32)23-16-19(2)30(20(23)3)22-9-7-21(26)8-10-22/h7-10,16,18H,4-6,11-15,17H2,1-3H3. The summed E-state index contributed by atoms with van der Waals surface area (Å²) < 4.78 is 15.3. The van der Waals surface area contributed by atoms with E-state index in [1.807, 2.05) is 34.3 Å². The molecule has 7 heteroatoms. The van der Waals surface area contributed by atoms with Gasteiger partial charge in [0.25, 0.3) is 5.91 Å². The molecule has 1 aromatic heterocycles. The Balaban J connectivity index is 1.38. The zero-order chi connectivity index (χ0) is 22.8. The lowest BCUT2D eigenvalue weighted by atomic mass is 10.0. The van der Waals surface area contributed by atoms with Gasteiger partial charge in [0.1, 0.15) is 5.82 Å². The molecule has 1 aromatic carbocycles. The van der Waals surface area contributed by atoms with Crippen LogP contribution in [0.2, 0.25) is 0 Å². The molecule has 2 aliphatic heterocycles. The van der Waals surface area contributed by atoms with Crippen molar-refractivity contribution in [2.45, 2.75) is 46.1 Å². The van der Waals surface area contributed by atoms with Gasteiger partial charge < -0.3 is 14.4 Å². The Hall–Kier alpha value is -2.67. The van der Waals surface area contributed by atoms with Gasteiger partial charge in [-0.2, -0.15) is 0 Å². The van der Waals surface area contributed by atoms with Gasteiger partial charge in [0.15, 0.2) is 0 Å². The highest BCUT2D eigenvalue weighted by molar-refractivity contribution is 5.96. The Morgan fingerprint density at radius 2 is 1.69 bits per heavy atom. The number of piperazine rings is 1. The second kappa shape index (κ2) is 9.45. The molecular weight excluding hydrogens is 407 g/mol. The number of aromatic nitrogens is 1. The molecule has 0 radical (unpaired) electrons. The molecule has 2 aliphatic rings. The van der Waals surface area contributed by atoms with Crippen LogP contribution in [0.5, 0.6) is 0 Å². The summed E-state index contributed by atoms with van der Waals surface area (Å²) >= 11 is 0. The zero-order valence-electron chi connectivity index (χ0n) is 19.3. The summed E-state index contributed by atoms with van der Waals surface area (Å²) in [5.74, 6) is -0.0551. The first kappa shape index (κ1) is 22.5. The van der Waals surface area contributed by atoms with Crippen molar-refractivity contribution in [3.63, 3.8) is 0 Å². The maximum atomic E-state index is 13.3. The van der Waals surface area contributed by atoms with Crippen LogP contribution in [0.25, 0.3) is 5.69 Å². The summed E-state index contributed by atoms with van der Waals surface area (Å²) in [6.07, 6.45) is 3.38. The van der Waals surface area contributed by atoms with Crippen LogP contribution in [0, 0.1) is 19.7 Å². The Kier molecular flexibility index (Phi) is 6.65. The van der Waals surface area contributed by atoms with Crippen molar-refractivity contribution >= 4 is 11.8 Å². The van der Waals surface area contributed by atoms with Crippen LogP contribution in [-0.4, -0.2) is 76.4 Å². The lowest BCUT2D eigenvalue weighted by Gasteiger charge is -2.38. The molecule has 0 saturated carbocycles. The number of benzene rings is 1. The number of amides is 2. The van der Waals surface area contributed by atoms with Crippen molar-refractivity contribution < 1.29 is 14.0 Å². The predicted molar refractivity (Wildman–Crippen MR) is 123 cm³/mol. The van der Waals surface area contributed by atoms with Gasteiger partial charge in [0, 0.05) is 55.8 Å². The molecule has 2 fully saturated rings. The van der Waals surface area contributed by atoms with Gasteiger partial charge in [0.05, 0.1) is 12.1 Å². The number of piperidine rings is 1. The Morgan fingerprint density at radius 3 is 2.34 bits per heavy atom. The second-order valence-electron chi connectivity index (χ2n) is 9.10. The number of likely N-dealkylation sites (tertiary alicyclic amines) is 1. The van der Waals surface area contributed by atoms with Gasteiger partial charge in [-0.1, -0.05) is 0 Å². The Bertz CT molecular complexity index is 977. The molecule has 4 rings (SSSR count). The zero-order valence-corrected chi connectivity index (χ0v) is 19.3. The number of halogens is 1. The normalized spacial score (nSPS) is 19.9. The first-order valence-corrected chi connectivity index (χ1v) is 11.6. The Morgan fingerprint density at radius 1 is 1.00 bits per heavy atom. The van der Waals surface area contributed by atoms with Gasteiger partial charge in [-0.25, -0.2) is 4.39 Å². The summed E-state index contributed by atoms with van der Waals surface area (Å²) in [5.41, 5.74) is 3.32. The first-order valence-electron chi connectivity index (χ1n) is 11.6. The summed E-state index contributed by atoms with van der Waals surface area (Å²) in [4.78, 5) is 32.0. The maximum Gasteiger partial charge on any atom is 0.255 e. The Labute approximate surface area is 189 Å². The molecular formula is C25H33FN4O2. The van der Waals surface area contributed by atoms with Crippen LogP contribution in [0.4, 0.5) is 4.39 Å². The average molecular weight is 441 g/mol. The lowest BCUT2D eigenvalue weighted by Crippen LogP contribution is -2.53. The van der Waals surface area contributed by atoms with Crippen molar-refractivity contribution in [1.82, 2.24) is 19.3 Å². The molecule has 0 N–H and O–H groups in total. The molecule has 1 atom stereocenters. The van der Waals surface area contributed by atoms with Crippen LogP contribution in [0.3, 0.4) is 0 Å². The van der Waals surface area contributed by atoms with E-state index in [1.54, 1.807) is 12.1 Å². The quantitative estimate of drug-likeness (QED) is 0.732. The number of hydrogen-bond donors (Lipinski definition) is 0. The largest absolute Gasteiger partial charge is 0.339 e. The third kappa shape index (κ3) is 4.58. The molecule has 172 valence electrons. The topological polar surface area (TPSA) is 48.8 Å². The minimum Gasteiger partial charge on any atom is -0.339 e. The van der Waals surface area contributed by atoms with E-state index in [2.05, 4.69) is 11.8 Å². The maximum absolute atomic E-state index is 13.3. The van der Waals surface area contributed by atoms with E-state index in [4.69, 9.17) is 0 Å². The van der Waals surface area contributed by atoms with E-state index >= 15 is 0 Å². The van der Waals surface area contributed by atoms with E-state index < -0.39 is 0 Å². The fraction of sp³-hybridized carbons (Fsp3) is 0.520. The van der Waals surface area contributed by atoms with Gasteiger partial charge in [-0.05, 0) is 70.4 Å². The molecule has 0 spiro atoms. The monoisotopic (exact) mass is 440 g/mol. The van der Waals surface area contributed by atoms with Crippen molar-refractivity contribution in [2.75, 3.05) is 39.3 Å². The number of rotatable bonds is 4. The van der Waals surface area contributed by atoms with Crippen LogP contribution >= 0.6 is 0 Å². The molecule has 32 heavy (non-hydrogen) atoms. The number of carbonyl (C=O) groups excluding carboxylic acids is 2. The summed E-state index contributed by atoms with van der Waals surface area (Å²) in [5, 5.41) is 0. The summed E-state index contributed by atoms with van der Waals surface area (Å²) in [6, 6.07) is 8.55. The molecule has 2 aromatic rings. The van der Waals surface area contributed by atoms with Gasteiger partial charge in [-0.15, -0.1) is 0 Å². The summed E-state index contributed by atoms with van der Waals surface area (Å²) in [6.45, 7) is 9.96. The third-order valence-corrected chi connectivity index (χ3v) is 6.89. The van der Waals surface area contributed by atoms with Crippen LogP contribution in [0.15, 0.2) is 30.3 Å². The minimum atomic E-state index is -0.279. The summed E-state index contributed by atoms with van der Waals surface area (Å²) in [7, 11) is 0. The van der Waals surface area contributed by atoms with E-state index in [-0.39, 0.29) is 17.6 Å². The molecule has 2 amide bonds. The predicted octanol–water partition coefficient (Wildman–Crippen LogP) is 3.39. The van der Waals surface area contributed by atoms with Gasteiger partial charge in [0.2, 0.25) is 5.91 Å². The van der Waals surface area contributed by atoms with Gasteiger partial charge in [-0.3, -0.25) is 14.5 Å². The molecule has 2 saturated heterocycles. The third-order valence-electron chi connectivity index (χ3n) is 6.89. The average Bonchev–Trinajstić information content (AvgIpc) is 3.08. The van der Waals surface area contributed by atoms with Crippen molar-refractivity contribution in [3.8, 4) is 5.69 Å². The molecule has 3 heterocycles. The molecule has 1 unspecified atom stereocenters. The number of aryl methyl sites for hydroxylation is 1. The van der Waals surface area contributed by atoms with E-state index in [9.17, 15) is 14.0 Å². The minimum absolute atomic E-state index is 0.0158. The number of hydrogen-bond acceptors (Lipinski definition) is 3. The van der Waals surface area contributed by atoms with E-state index in [0.717, 1.165) is 36.5 Å². The lowest BCUT2D eigenvalue weighted by molar-refractivity contribution is -0.136. The molecule has 6 nitrogen and oxygen atoms in total. The smallest absolute Gasteiger partial charge is 0.255 e. The molecule has 0 bridgehead atoms. The van der Waals surface area contributed by atoms with Crippen molar-refractivity contribution in [3.05, 3.63) is 53.1 Å². The first-order chi connectivity index (χ1) is 15.3. The van der Waals surface area contributed by atoms with Gasteiger partial charge >= 0.3 is 0 Å². The van der Waals surface area contributed by atoms with Crippen LogP contribution in [0.1, 0.15) is 47.9 Å².